The van der Waals surface area contributed by atoms with Crippen LogP contribution in [0, 0.1) is 0 Å². The smallest absolute Gasteiger partial charge is 0.325 e. The Morgan fingerprint density at radius 3 is 2.12 bits per heavy atom. The molecule has 0 aliphatic heterocycles. The lowest BCUT2D eigenvalue weighted by atomic mass is 10.2. The molecular formula is C10H14F3NO3. The molecule has 0 aromatic carbocycles. The fraction of sp³-hybridized carbons (Fsp3) is 0.600. The first kappa shape index (κ1) is 15.5. The average Bonchev–Trinajstić information content (AvgIpc) is 2.11. The molecule has 0 fully saturated rings. The van der Waals surface area contributed by atoms with Crippen LogP contribution in [0.5, 0.6) is 0 Å². The molecule has 0 aromatic heterocycles. The summed E-state index contributed by atoms with van der Waals surface area (Å²) in [6.07, 6.45) is -3.64. The number of hydrogen-bond donors (Lipinski definition) is 1. The van der Waals surface area contributed by atoms with E-state index in [2.05, 4.69) is 0 Å². The summed E-state index contributed by atoms with van der Waals surface area (Å²) in [6.45, 7) is 4.41. The number of ether oxygens (including phenoxy) is 1. The molecule has 4 nitrogen and oxygen atoms in total. The zero-order chi connectivity index (χ0) is 13.6. The fourth-order valence-electron chi connectivity index (χ4n) is 0.819. The molecule has 7 heteroatoms. The van der Waals surface area contributed by atoms with Crippen molar-refractivity contribution in [2.24, 2.45) is 0 Å². The van der Waals surface area contributed by atoms with Gasteiger partial charge in [-0.25, -0.2) is 4.39 Å². The SMILES string of the molecule is CC(C)(C)OC(=O)CNC(=O)CC(F)=C(F)F. The van der Waals surface area contributed by atoms with Crippen molar-refractivity contribution in [1.82, 2.24) is 5.32 Å². The van der Waals surface area contributed by atoms with Crippen LogP contribution < -0.4 is 5.32 Å². The Hall–Kier alpha value is -1.53. The third kappa shape index (κ3) is 8.29. The number of amides is 1. The second-order valence-corrected chi connectivity index (χ2v) is 4.21. The number of carbonyl (C=O) groups is 2. The lowest BCUT2D eigenvalue weighted by Crippen LogP contribution is -2.34. The molecule has 0 atom stereocenters. The molecule has 0 saturated carbocycles. The Labute approximate surface area is 96.8 Å². The predicted molar refractivity (Wildman–Crippen MR) is 53.8 cm³/mol. The molecule has 0 spiro atoms. The minimum absolute atomic E-state index is 0.489. The van der Waals surface area contributed by atoms with E-state index in [0.29, 0.717) is 0 Å². The van der Waals surface area contributed by atoms with Crippen LogP contribution in [0.15, 0.2) is 11.9 Å². The Morgan fingerprint density at radius 1 is 1.18 bits per heavy atom. The third-order valence-electron chi connectivity index (χ3n) is 1.37. The van der Waals surface area contributed by atoms with E-state index < -0.39 is 42.4 Å². The zero-order valence-electron chi connectivity index (χ0n) is 9.77. The second-order valence-electron chi connectivity index (χ2n) is 4.21. The molecule has 0 radical (unpaired) electrons. The van der Waals surface area contributed by atoms with Crippen LogP contribution in [0.3, 0.4) is 0 Å². The van der Waals surface area contributed by atoms with Crippen molar-refractivity contribution < 1.29 is 27.5 Å². The summed E-state index contributed by atoms with van der Waals surface area (Å²) in [5.74, 6) is -3.55. The maximum atomic E-state index is 12.3. The van der Waals surface area contributed by atoms with Gasteiger partial charge in [-0.05, 0) is 20.8 Å². The van der Waals surface area contributed by atoms with Gasteiger partial charge in [0, 0.05) is 0 Å². The quantitative estimate of drug-likeness (QED) is 0.779. The van der Waals surface area contributed by atoms with Crippen LogP contribution in [-0.4, -0.2) is 24.0 Å². The molecule has 0 heterocycles. The van der Waals surface area contributed by atoms with Gasteiger partial charge in [-0.15, -0.1) is 0 Å². The summed E-state index contributed by atoms with van der Waals surface area (Å²) >= 11 is 0. The minimum atomic E-state index is -2.54. The van der Waals surface area contributed by atoms with Gasteiger partial charge in [0.05, 0.1) is 6.42 Å². The monoisotopic (exact) mass is 253 g/mol. The van der Waals surface area contributed by atoms with Crippen molar-refractivity contribution in [1.29, 1.82) is 0 Å². The molecule has 0 rings (SSSR count). The summed E-state index contributed by atoms with van der Waals surface area (Å²) in [5.41, 5.74) is -0.710. The Bertz CT molecular complexity index is 330. The van der Waals surface area contributed by atoms with Crippen LogP contribution in [0.2, 0.25) is 0 Å². The molecule has 0 unspecified atom stereocenters. The van der Waals surface area contributed by atoms with Gasteiger partial charge in [0.2, 0.25) is 5.91 Å². The van der Waals surface area contributed by atoms with Crippen molar-refractivity contribution in [2.75, 3.05) is 6.54 Å². The highest BCUT2D eigenvalue weighted by Gasteiger charge is 2.17. The molecule has 0 aliphatic carbocycles. The van der Waals surface area contributed by atoms with Crippen LogP contribution in [0.25, 0.3) is 0 Å². The number of rotatable bonds is 4. The lowest BCUT2D eigenvalue weighted by Gasteiger charge is -2.19. The van der Waals surface area contributed by atoms with Crippen LogP contribution in [-0.2, 0) is 14.3 Å². The van der Waals surface area contributed by atoms with Crippen LogP contribution in [0.4, 0.5) is 13.2 Å². The largest absolute Gasteiger partial charge is 0.459 e. The first-order valence-corrected chi connectivity index (χ1v) is 4.80. The van der Waals surface area contributed by atoms with Crippen molar-refractivity contribution in [3.8, 4) is 0 Å². The summed E-state index contributed by atoms with van der Waals surface area (Å²) in [6, 6.07) is 0. The molecule has 0 aromatic rings. The summed E-state index contributed by atoms with van der Waals surface area (Å²) in [4.78, 5) is 22.0. The molecule has 0 saturated heterocycles. The topological polar surface area (TPSA) is 55.4 Å². The third-order valence-corrected chi connectivity index (χ3v) is 1.37. The van der Waals surface area contributed by atoms with Crippen LogP contribution in [0.1, 0.15) is 27.2 Å². The van der Waals surface area contributed by atoms with E-state index in [1.165, 1.54) is 0 Å². The highest BCUT2D eigenvalue weighted by molar-refractivity contribution is 5.83. The van der Waals surface area contributed by atoms with Gasteiger partial charge in [-0.1, -0.05) is 0 Å². The predicted octanol–water partition coefficient (Wildman–Crippen LogP) is 1.91. The van der Waals surface area contributed by atoms with E-state index in [1.807, 2.05) is 5.32 Å². The van der Waals surface area contributed by atoms with E-state index in [4.69, 9.17) is 4.74 Å². The maximum Gasteiger partial charge on any atom is 0.325 e. The van der Waals surface area contributed by atoms with E-state index in [0.717, 1.165) is 0 Å². The Balaban J connectivity index is 4.02. The highest BCUT2D eigenvalue weighted by atomic mass is 19.3. The molecule has 17 heavy (non-hydrogen) atoms. The second kappa shape index (κ2) is 6.27. The Kier molecular flexibility index (Phi) is 5.70. The minimum Gasteiger partial charge on any atom is -0.459 e. The normalized spacial score (nSPS) is 10.7. The number of esters is 1. The first-order valence-electron chi connectivity index (χ1n) is 4.80. The average molecular weight is 253 g/mol. The van der Waals surface area contributed by atoms with Crippen molar-refractivity contribution >= 4 is 11.9 Å². The molecule has 1 N–H and O–H groups in total. The van der Waals surface area contributed by atoms with E-state index in [-0.39, 0.29) is 0 Å². The lowest BCUT2D eigenvalue weighted by molar-refractivity contribution is -0.154. The van der Waals surface area contributed by atoms with Gasteiger partial charge in [-0.3, -0.25) is 9.59 Å². The van der Waals surface area contributed by atoms with Gasteiger partial charge >= 0.3 is 12.0 Å². The van der Waals surface area contributed by atoms with Gasteiger partial charge in [-0.2, -0.15) is 8.78 Å². The standard InChI is InChI=1S/C10H14F3NO3/c1-10(2,3)17-8(16)5-14-7(15)4-6(11)9(12)13/h4-5H2,1-3H3,(H,14,15). The number of nitrogens with one attached hydrogen (secondary N) is 1. The molecular weight excluding hydrogens is 239 g/mol. The van der Waals surface area contributed by atoms with Crippen LogP contribution >= 0.6 is 0 Å². The number of carbonyl (C=O) groups excluding carboxylic acids is 2. The number of hydrogen-bond acceptors (Lipinski definition) is 3. The van der Waals surface area contributed by atoms with Crippen molar-refractivity contribution in [3.63, 3.8) is 0 Å². The fourth-order valence-corrected chi connectivity index (χ4v) is 0.819. The maximum absolute atomic E-state index is 12.3. The molecule has 0 aliphatic rings. The summed E-state index contributed by atoms with van der Waals surface area (Å²) < 4.78 is 40.4. The summed E-state index contributed by atoms with van der Waals surface area (Å²) in [7, 11) is 0. The molecule has 1 amide bonds. The van der Waals surface area contributed by atoms with Gasteiger partial charge < -0.3 is 10.1 Å². The van der Waals surface area contributed by atoms with E-state index >= 15 is 0 Å². The molecule has 98 valence electrons. The van der Waals surface area contributed by atoms with Crippen molar-refractivity contribution in [3.05, 3.63) is 11.9 Å². The highest BCUT2D eigenvalue weighted by Crippen LogP contribution is 2.12. The number of halogens is 3. The van der Waals surface area contributed by atoms with Gasteiger partial charge in [0.15, 0.2) is 5.83 Å². The van der Waals surface area contributed by atoms with Gasteiger partial charge in [0.1, 0.15) is 12.1 Å². The molecule has 0 bridgehead atoms. The Morgan fingerprint density at radius 2 is 1.71 bits per heavy atom. The van der Waals surface area contributed by atoms with Gasteiger partial charge in [0.25, 0.3) is 0 Å². The van der Waals surface area contributed by atoms with E-state index in [1.54, 1.807) is 20.8 Å². The zero-order valence-corrected chi connectivity index (χ0v) is 9.77. The van der Waals surface area contributed by atoms with Crippen molar-refractivity contribution in [2.45, 2.75) is 32.8 Å². The van der Waals surface area contributed by atoms with E-state index in [9.17, 15) is 22.8 Å². The summed E-state index contributed by atoms with van der Waals surface area (Å²) in [5, 5.41) is 1.97. The first-order chi connectivity index (χ1) is 7.61.